The van der Waals surface area contributed by atoms with Gasteiger partial charge in [-0.15, -0.1) is 0 Å². The molecule has 0 aliphatic heterocycles. The van der Waals surface area contributed by atoms with Crippen LogP contribution in [0.1, 0.15) is 18.5 Å². The Kier molecular flexibility index (Phi) is 3.79. The third-order valence-electron chi connectivity index (χ3n) is 3.67. The Morgan fingerprint density at radius 2 is 2.00 bits per heavy atom. The highest BCUT2D eigenvalue weighted by atomic mass is 15.0. The monoisotopic (exact) mass is 265 g/mol. The Morgan fingerprint density at radius 1 is 1.15 bits per heavy atom. The predicted molar refractivity (Wildman–Crippen MR) is 82.6 cm³/mol. The van der Waals surface area contributed by atoms with Crippen LogP contribution in [0.5, 0.6) is 0 Å². The number of hydrogen-bond acceptors (Lipinski definition) is 2. The molecule has 0 saturated carbocycles. The molecule has 1 aromatic heterocycles. The number of nitrogens with zero attached hydrogens (tertiary/aromatic N) is 2. The van der Waals surface area contributed by atoms with Gasteiger partial charge in [0.15, 0.2) is 0 Å². The second-order valence-electron chi connectivity index (χ2n) is 5.04. The van der Waals surface area contributed by atoms with Gasteiger partial charge >= 0.3 is 0 Å². The highest BCUT2D eigenvalue weighted by Gasteiger charge is 2.07. The summed E-state index contributed by atoms with van der Waals surface area (Å²) >= 11 is 0. The summed E-state index contributed by atoms with van der Waals surface area (Å²) in [5, 5.41) is 6.21. The Hall–Kier alpha value is -2.13. The third-order valence-corrected chi connectivity index (χ3v) is 3.67. The van der Waals surface area contributed by atoms with Crippen LogP contribution >= 0.6 is 0 Å². The van der Waals surface area contributed by atoms with Crippen molar-refractivity contribution in [2.45, 2.75) is 19.5 Å². The first-order valence-corrected chi connectivity index (χ1v) is 7.01. The summed E-state index contributed by atoms with van der Waals surface area (Å²) in [6.07, 6.45) is 5.66. The van der Waals surface area contributed by atoms with Crippen molar-refractivity contribution in [2.24, 2.45) is 0 Å². The molecule has 0 spiro atoms. The summed E-state index contributed by atoms with van der Waals surface area (Å²) in [5.41, 5.74) is 1.36. The highest BCUT2D eigenvalue weighted by Crippen LogP contribution is 2.23. The predicted octanol–water partition coefficient (Wildman–Crippen LogP) is 3.39. The summed E-state index contributed by atoms with van der Waals surface area (Å²) in [5.74, 6) is 0. The van der Waals surface area contributed by atoms with Crippen molar-refractivity contribution in [2.75, 3.05) is 6.54 Å². The van der Waals surface area contributed by atoms with Crippen molar-refractivity contribution in [3.05, 3.63) is 66.7 Å². The molecule has 3 aromatic rings. The first-order valence-electron chi connectivity index (χ1n) is 7.01. The van der Waals surface area contributed by atoms with Crippen LogP contribution in [0, 0.1) is 0 Å². The first kappa shape index (κ1) is 12.9. The van der Waals surface area contributed by atoms with Gasteiger partial charge in [0.25, 0.3) is 0 Å². The highest BCUT2D eigenvalue weighted by molar-refractivity contribution is 5.86. The van der Waals surface area contributed by atoms with Crippen LogP contribution in [0.4, 0.5) is 0 Å². The molecule has 0 aliphatic rings. The zero-order valence-electron chi connectivity index (χ0n) is 11.7. The van der Waals surface area contributed by atoms with E-state index in [-0.39, 0.29) is 0 Å². The number of aromatic nitrogens is 2. The summed E-state index contributed by atoms with van der Waals surface area (Å²) in [4.78, 5) is 4.05. The molecule has 102 valence electrons. The fraction of sp³-hybridized carbons (Fsp3) is 0.235. The van der Waals surface area contributed by atoms with Crippen molar-refractivity contribution in [1.29, 1.82) is 0 Å². The van der Waals surface area contributed by atoms with E-state index in [1.165, 1.54) is 16.3 Å². The minimum Gasteiger partial charge on any atom is -0.336 e. The SMILES string of the molecule is CC(NCCn1ccnc1)c1cccc2ccccc12. The zero-order valence-corrected chi connectivity index (χ0v) is 11.7. The number of benzene rings is 2. The molecule has 0 radical (unpaired) electrons. The largest absolute Gasteiger partial charge is 0.336 e. The van der Waals surface area contributed by atoms with E-state index in [9.17, 15) is 0 Å². The van der Waals surface area contributed by atoms with Crippen molar-refractivity contribution in [1.82, 2.24) is 14.9 Å². The molecule has 1 heterocycles. The van der Waals surface area contributed by atoms with E-state index in [1.54, 1.807) is 0 Å². The second kappa shape index (κ2) is 5.88. The minimum atomic E-state index is 0.338. The maximum atomic E-state index is 4.05. The van der Waals surface area contributed by atoms with Gasteiger partial charge in [0.2, 0.25) is 0 Å². The van der Waals surface area contributed by atoms with Gasteiger partial charge in [-0.25, -0.2) is 4.98 Å². The van der Waals surface area contributed by atoms with Gasteiger partial charge in [-0.05, 0) is 23.3 Å². The maximum absolute atomic E-state index is 4.05. The molecule has 2 aromatic carbocycles. The fourth-order valence-corrected chi connectivity index (χ4v) is 2.57. The molecular weight excluding hydrogens is 246 g/mol. The molecule has 0 amide bonds. The van der Waals surface area contributed by atoms with Gasteiger partial charge in [0, 0.05) is 31.5 Å². The Bertz CT molecular complexity index is 668. The normalized spacial score (nSPS) is 12.7. The van der Waals surface area contributed by atoms with Gasteiger partial charge in [0.1, 0.15) is 0 Å². The number of rotatable bonds is 5. The van der Waals surface area contributed by atoms with Crippen molar-refractivity contribution in [3.63, 3.8) is 0 Å². The average Bonchev–Trinajstić information content (AvgIpc) is 3.00. The molecule has 0 aliphatic carbocycles. The Labute approximate surface area is 119 Å². The maximum Gasteiger partial charge on any atom is 0.0946 e. The van der Waals surface area contributed by atoms with Crippen LogP contribution in [0.25, 0.3) is 10.8 Å². The van der Waals surface area contributed by atoms with Crippen LogP contribution in [-0.2, 0) is 6.54 Å². The standard InChI is InChI=1S/C17H19N3/c1-14(19-10-12-20-11-9-18-13-20)16-8-4-6-15-5-2-3-7-17(15)16/h2-9,11,13-14,19H,10,12H2,1H3. The summed E-state index contributed by atoms with van der Waals surface area (Å²) in [7, 11) is 0. The van der Waals surface area contributed by atoms with Crippen LogP contribution in [-0.4, -0.2) is 16.1 Å². The quantitative estimate of drug-likeness (QED) is 0.766. The lowest BCUT2D eigenvalue weighted by atomic mass is 10.00. The van der Waals surface area contributed by atoms with Crippen LogP contribution in [0.3, 0.4) is 0 Å². The van der Waals surface area contributed by atoms with E-state index in [4.69, 9.17) is 0 Å². The van der Waals surface area contributed by atoms with Gasteiger partial charge < -0.3 is 9.88 Å². The molecule has 1 unspecified atom stereocenters. The number of fused-ring (bicyclic) bond motifs is 1. The van der Waals surface area contributed by atoms with Crippen molar-refractivity contribution >= 4 is 10.8 Å². The molecule has 3 rings (SSSR count). The number of nitrogens with one attached hydrogen (secondary N) is 1. The van der Waals surface area contributed by atoms with E-state index < -0.39 is 0 Å². The molecule has 20 heavy (non-hydrogen) atoms. The van der Waals surface area contributed by atoms with E-state index >= 15 is 0 Å². The van der Waals surface area contributed by atoms with E-state index in [2.05, 4.69) is 64.3 Å². The Balaban J connectivity index is 1.70. The van der Waals surface area contributed by atoms with Gasteiger partial charge in [0.05, 0.1) is 6.33 Å². The lowest BCUT2D eigenvalue weighted by Crippen LogP contribution is -2.23. The molecule has 1 N–H and O–H groups in total. The molecular formula is C17H19N3. The van der Waals surface area contributed by atoms with Crippen LogP contribution in [0.2, 0.25) is 0 Å². The van der Waals surface area contributed by atoms with Crippen LogP contribution < -0.4 is 5.32 Å². The molecule has 0 bridgehead atoms. The first-order chi connectivity index (χ1) is 9.84. The fourth-order valence-electron chi connectivity index (χ4n) is 2.57. The minimum absolute atomic E-state index is 0.338. The molecule has 3 nitrogen and oxygen atoms in total. The topological polar surface area (TPSA) is 29.9 Å². The molecule has 3 heteroatoms. The summed E-state index contributed by atoms with van der Waals surface area (Å²) in [6.45, 7) is 4.09. The lowest BCUT2D eigenvalue weighted by molar-refractivity contribution is 0.533. The molecule has 0 fully saturated rings. The Morgan fingerprint density at radius 3 is 2.85 bits per heavy atom. The lowest BCUT2D eigenvalue weighted by Gasteiger charge is -2.16. The second-order valence-corrected chi connectivity index (χ2v) is 5.04. The van der Waals surface area contributed by atoms with Crippen molar-refractivity contribution < 1.29 is 0 Å². The van der Waals surface area contributed by atoms with Gasteiger partial charge in [-0.3, -0.25) is 0 Å². The van der Waals surface area contributed by atoms with E-state index in [0.29, 0.717) is 6.04 Å². The van der Waals surface area contributed by atoms with Gasteiger partial charge in [-0.1, -0.05) is 42.5 Å². The van der Waals surface area contributed by atoms with Crippen LogP contribution in [0.15, 0.2) is 61.2 Å². The number of imidazole rings is 1. The zero-order chi connectivity index (χ0) is 13.8. The van der Waals surface area contributed by atoms with Crippen molar-refractivity contribution in [3.8, 4) is 0 Å². The molecule has 1 atom stereocenters. The van der Waals surface area contributed by atoms with E-state index in [0.717, 1.165) is 13.1 Å². The number of hydrogen-bond donors (Lipinski definition) is 1. The average molecular weight is 265 g/mol. The van der Waals surface area contributed by atoms with E-state index in [1.807, 2.05) is 18.7 Å². The van der Waals surface area contributed by atoms with Gasteiger partial charge in [-0.2, -0.15) is 0 Å². The third kappa shape index (κ3) is 2.73. The summed E-state index contributed by atoms with van der Waals surface area (Å²) in [6, 6.07) is 15.4. The summed E-state index contributed by atoms with van der Waals surface area (Å²) < 4.78 is 2.09. The smallest absolute Gasteiger partial charge is 0.0946 e. The molecule has 0 saturated heterocycles.